The molecule has 6 heteroatoms. The van der Waals surface area contributed by atoms with Crippen LogP contribution in [0.3, 0.4) is 0 Å². The molecule has 0 aromatic heterocycles. The van der Waals surface area contributed by atoms with Gasteiger partial charge in [-0.15, -0.1) is 0 Å². The van der Waals surface area contributed by atoms with E-state index < -0.39 is 10.2 Å². The summed E-state index contributed by atoms with van der Waals surface area (Å²) < 4.78 is 29.4. The fourth-order valence-corrected chi connectivity index (χ4v) is 5.16. The van der Waals surface area contributed by atoms with Gasteiger partial charge in [0.1, 0.15) is 0 Å². The zero-order valence-corrected chi connectivity index (χ0v) is 12.6. The van der Waals surface area contributed by atoms with Gasteiger partial charge >= 0.3 is 0 Å². The van der Waals surface area contributed by atoms with Gasteiger partial charge in [-0.3, -0.25) is 0 Å². The van der Waals surface area contributed by atoms with Crippen LogP contribution in [0.5, 0.6) is 0 Å². The fraction of sp³-hybridized carbons (Fsp3) is 1.00. The molecule has 2 fully saturated rings. The first-order valence-corrected chi connectivity index (χ1v) is 8.82. The number of piperidine rings is 1. The maximum Gasteiger partial charge on any atom is 0.280 e. The first-order chi connectivity index (χ1) is 8.97. The lowest BCUT2D eigenvalue weighted by molar-refractivity contribution is 0.151. The van der Waals surface area contributed by atoms with E-state index in [-0.39, 0.29) is 18.2 Å². The van der Waals surface area contributed by atoms with E-state index in [9.17, 15) is 13.5 Å². The molecule has 0 radical (unpaired) electrons. The molecule has 1 heterocycles. The molecule has 1 aliphatic carbocycles. The lowest BCUT2D eigenvalue weighted by atomic mass is 9.84. The van der Waals surface area contributed by atoms with Crippen molar-refractivity contribution >= 4 is 10.2 Å². The van der Waals surface area contributed by atoms with E-state index in [1.807, 2.05) is 6.92 Å². The third-order valence-corrected chi connectivity index (χ3v) is 6.27. The van der Waals surface area contributed by atoms with E-state index in [4.69, 9.17) is 0 Å². The molecule has 0 spiro atoms. The van der Waals surface area contributed by atoms with Crippen LogP contribution >= 0.6 is 0 Å². The summed E-state index contributed by atoms with van der Waals surface area (Å²) in [5.74, 6) is 0. The summed E-state index contributed by atoms with van der Waals surface area (Å²) in [4.78, 5) is 0. The Hall–Kier alpha value is -0.170. The minimum absolute atomic E-state index is 0.0857. The van der Waals surface area contributed by atoms with Crippen LogP contribution in [0.25, 0.3) is 0 Å². The summed E-state index contributed by atoms with van der Waals surface area (Å²) in [6, 6.07) is -0.251. The highest BCUT2D eigenvalue weighted by Gasteiger charge is 2.37. The number of rotatable bonds is 4. The Morgan fingerprint density at radius 3 is 2.53 bits per heavy atom. The van der Waals surface area contributed by atoms with Crippen molar-refractivity contribution in [2.75, 3.05) is 13.2 Å². The summed E-state index contributed by atoms with van der Waals surface area (Å²) in [7, 11) is -3.48. The highest BCUT2D eigenvalue weighted by Crippen LogP contribution is 2.29. The van der Waals surface area contributed by atoms with Crippen molar-refractivity contribution in [3.63, 3.8) is 0 Å². The molecule has 0 bridgehead atoms. The smallest absolute Gasteiger partial charge is 0.280 e. The van der Waals surface area contributed by atoms with Crippen molar-refractivity contribution < 1.29 is 13.5 Å². The van der Waals surface area contributed by atoms with Gasteiger partial charge in [0.05, 0.1) is 6.61 Å². The number of nitrogens with one attached hydrogen (secondary N) is 1. The molecule has 1 unspecified atom stereocenters. The van der Waals surface area contributed by atoms with E-state index in [0.29, 0.717) is 6.54 Å². The van der Waals surface area contributed by atoms with Crippen LogP contribution in [0.2, 0.25) is 0 Å². The molecule has 0 amide bonds. The van der Waals surface area contributed by atoms with Crippen LogP contribution in [-0.4, -0.2) is 42.6 Å². The van der Waals surface area contributed by atoms with E-state index in [1.165, 1.54) is 10.7 Å². The van der Waals surface area contributed by atoms with E-state index in [1.54, 1.807) is 0 Å². The zero-order chi connectivity index (χ0) is 13.9. The number of aliphatic hydroxyl groups is 1. The Bertz CT molecular complexity index is 391. The molecule has 19 heavy (non-hydrogen) atoms. The van der Waals surface area contributed by atoms with Crippen molar-refractivity contribution in [1.29, 1.82) is 0 Å². The molecule has 1 saturated carbocycles. The van der Waals surface area contributed by atoms with Gasteiger partial charge < -0.3 is 5.11 Å². The monoisotopic (exact) mass is 290 g/mol. The summed E-state index contributed by atoms with van der Waals surface area (Å²) in [6.07, 6.45) is 7.82. The van der Waals surface area contributed by atoms with Crippen LogP contribution in [0.1, 0.15) is 58.3 Å². The quantitative estimate of drug-likeness (QED) is 0.822. The predicted molar refractivity (Wildman–Crippen MR) is 75.0 cm³/mol. The summed E-state index contributed by atoms with van der Waals surface area (Å²) in [5.41, 5.74) is -0.311. The molecular formula is C13H26N2O3S. The molecule has 1 atom stereocenters. The Kier molecular flexibility index (Phi) is 4.87. The fourth-order valence-electron chi connectivity index (χ4n) is 3.28. The highest BCUT2D eigenvalue weighted by molar-refractivity contribution is 7.87. The second kappa shape index (κ2) is 6.08. The molecule has 112 valence electrons. The standard InChI is InChI=1S/C13H26N2O3S/c1-13(8-4-2-5-9-13)14-19(17,18)15-10-6-3-7-12(15)11-16/h12,14,16H,2-11H2,1H3. The van der Waals surface area contributed by atoms with Crippen molar-refractivity contribution in [3.8, 4) is 0 Å². The van der Waals surface area contributed by atoms with Crippen LogP contribution in [0.15, 0.2) is 0 Å². The number of hydrogen-bond acceptors (Lipinski definition) is 3. The van der Waals surface area contributed by atoms with Gasteiger partial charge in [-0.25, -0.2) is 0 Å². The molecule has 1 saturated heterocycles. The Morgan fingerprint density at radius 1 is 1.21 bits per heavy atom. The minimum atomic E-state index is -3.48. The minimum Gasteiger partial charge on any atom is -0.395 e. The van der Waals surface area contributed by atoms with E-state index >= 15 is 0 Å². The second-order valence-electron chi connectivity index (χ2n) is 6.17. The van der Waals surface area contributed by atoms with Crippen LogP contribution in [-0.2, 0) is 10.2 Å². The third kappa shape index (κ3) is 3.68. The van der Waals surface area contributed by atoms with Crippen molar-refractivity contribution in [2.24, 2.45) is 0 Å². The SMILES string of the molecule is CC1(NS(=O)(=O)N2CCCCC2CO)CCCCC1. The lowest BCUT2D eigenvalue weighted by Gasteiger charge is -2.39. The molecule has 0 aromatic rings. The van der Waals surface area contributed by atoms with E-state index in [0.717, 1.165) is 44.9 Å². The summed E-state index contributed by atoms with van der Waals surface area (Å²) in [6.45, 7) is 2.44. The maximum absolute atomic E-state index is 12.5. The largest absolute Gasteiger partial charge is 0.395 e. The lowest BCUT2D eigenvalue weighted by Crippen LogP contribution is -2.56. The molecule has 1 aliphatic heterocycles. The van der Waals surface area contributed by atoms with Crippen LogP contribution in [0.4, 0.5) is 0 Å². The number of nitrogens with zero attached hydrogens (tertiary/aromatic N) is 1. The van der Waals surface area contributed by atoms with Gasteiger partial charge in [0.25, 0.3) is 10.2 Å². The first-order valence-electron chi connectivity index (χ1n) is 7.38. The molecule has 5 nitrogen and oxygen atoms in total. The first kappa shape index (κ1) is 15.2. The van der Waals surface area contributed by atoms with Gasteiger partial charge in [-0.1, -0.05) is 25.7 Å². The molecule has 0 aromatic carbocycles. The zero-order valence-electron chi connectivity index (χ0n) is 11.8. The number of aliphatic hydroxyl groups excluding tert-OH is 1. The van der Waals surface area contributed by atoms with E-state index in [2.05, 4.69) is 4.72 Å². The Labute approximate surface area is 116 Å². The second-order valence-corrected chi connectivity index (χ2v) is 7.79. The highest BCUT2D eigenvalue weighted by atomic mass is 32.2. The topological polar surface area (TPSA) is 69.6 Å². The Balaban J connectivity index is 2.08. The van der Waals surface area contributed by atoms with Gasteiger partial charge in [0.2, 0.25) is 0 Å². The molecule has 2 N–H and O–H groups in total. The van der Waals surface area contributed by atoms with Crippen LogP contribution in [0, 0.1) is 0 Å². The van der Waals surface area contributed by atoms with Gasteiger partial charge in [0, 0.05) is 18.1 Å². The van der Waals surface area contributed by atoms with Crippen molar-refractivity contribution in [2.45, 2.75) is 69.9 Å². The molecule has 2 rings (SSSR count). The normalized spacial score (nSPS) is 29.3. The summed E-state index contributed by atoms with van der Waals surface area (Å²) >= 11 is 0. The Morgan fingerprint density at radius 2 is 1.89 bits per heavy atom. The average Bonchev–Trinajstić information content (AvgIpc) is 2.38. The van der Waals surface area contributed by atoms with Gasteiger partial charge in [-0.05, 0) is 32.6 Å². The van der Waals surface area contributed by atoms with Gasteiger partial charge in [-0.2, -0.15) is 17.4 Å². The van der Waals surface area contributed by atoms with Crippen LogP contribution < -0.4 is 4.72 Å². The average molecular weight is 290 g/mol. The molecular weight excluding hydrogens is 264 g/mol. The number of hydrogen-bond donors (Lipinski definition) is 2. The van der Waals surface area contributed by atoms with Gasteiger partial charge in [0.15, 0.2) is 0 Å². The van der Waals surface area contributed by atoms with Crippen molar-refractivity contribution in [3.05, 3.63) is 0 Å². The van der Waals surface area contributed by atoms with Crippen molar-refractivity contribution in [1.82, 2.24) is 9.03 Å². The third-order valence-electron chi connectivity index (χ3n) is 4.43. The molecule has 2 aliphatic rings. The summed E-state index contributed by atoms with van der Waals surface area (Å²) in [5, 5.41) is 9.36. The predicted octanol–water partition coefficient (Wildman–Crippen LogP) is 1.39. The maximum atomic E-state index is 12.5.